The van der Waals surface area contributed by atoms with E-state index >= 15 is 0 Å². The van der Waals surface area contributed by atoms with Gasteiger partial charge < -0.3 is 20.9 Å². The third-order valence-corrected chi connectivity index (χ3v) is 5.64. The molecule has 3 rings (SSSR count). The van der Waals surface area contributed by atoms with Crippen LogP contribution in [0.25, 0.3) is 0 Å². The van der Waals surface area contributed by atoms with E-state index in [4.69, 9.17) is 0 Å². The first-order valence-electron chi connectivity index (χ1n) is 11.3. The van der Waals surface area contributed by atoms with Gasteiger partial charge in [-0.25, -0.2) is 4.99 Å². The van der Waals surface area contributed by atoms with E-state index in [1.165, 1.54) is 0 Å². The molecule has 1 heterocycles. The maximum absolute atomic E-state index is 12.5. The van der Waals surface area contributed by atoms with Crippen LogP contribution in [0.4, 0.5) is 5.69 Å². The smallest absolute Gasteiger partial charge is 0.253 e. The first-order valence-corrected chi connectivity index (χ1v) is 11.3. The van der Waals surface area contributed by atoms with Gasteiger partial charge in [0.2, 0.25) is 5.91 Å². The predicted octanol–water partition coefficient (Wildman–Crippen LogP) is 3.35. The molecule has 7 heteroatoms. The predicted molar refractivity (Wildman–Crippen MR) is 129 cm³/mol. The maximum Gasteiger partial charge on any atom is 0.253 e. The average Bonchev–Trinajstić information content (AvgIpc) is 2.81. The standard InChI is InChI=1S/C25H33N5O2/c1-4-26-25(28-17-20-15-23(31)29-22-10-8-7-9-21(20)22)27-16-18-11-13-19(14-12-18)24(32)30(5-2)6-3/h7-14,20H,4-6,15-17H2,1-3H3,(H,29,31)(H2,26,27,28). The number of fused-ring (bicyclic) bond motifs is 1. The number of nitrogens with one attached hydrogen (secondary N) is 3. The van der Waals surface area contributed by atoms with Crippen molar-refractivity contribution in [3.8, 4) is 0 Å². The zero-order valence-electron chi connectivity index (χ0n) is 19.1. The molecule has 3 N–H and O–H groups in total. The Hall–Kier alpha value is -3.35. The van der Waals surface area contributed by atoms with Crippen LogP contribution in [0.3, 0.4) is 0 Å². The van der Waals surface area contributed by atoms with Gasteiger partial charge >= 0.3 is 0 Å². The summed E-state index contributed by atoms with van der Waals surface area (Å²) in [6.45, 7) is 9.25. The summed E-state index contributed by atoms with van der Waals surface area (Å²) in [5, 5.41) is 9.58. The number of amides is 2. The highest BCUT2D eigenvalue weighted by Gasteiger charge is 2.24. The number of aliphatic imine (C=N–C) groups is 1. The fraction of sp³-hybridized carbons (Fsp3) is 0.400. The van der Waals surface area contributed by atoms with E-state index in [2.05, 4.69) is 27.0 Å². The van der Waals surface area contributed by atoms with Crippen molar-refractivity contribution in [2.75, 3.05) is 31.5 Å². The van der Waals surface area contributed by atoms with Crippen LogP contribution < -0.4 is 16.0 Å². The Morgan fingerprint density at radius 2 is 1.78 bits per heavy atom. The number of anilines is 1. The Kier molecular flexibility index (Phi) is 8.25. The quantitative estimate of drug-likeness (QED) is 0.438. The van der Waals surface area contributed by atoms with Gasteiger partial charge in [0, 0.05) is 49.8 Å². The third-order valence-electron chi connectivity index (χ3n) is 5.64. The van der Waals surface area contributed by atoms with Crippen molar-refractivity contribution in [1.82, 2.24) is 15.5 Å². The van der Waals surface area contributed by atoms with Gasteiger partial charge in [-0.2, -0.15) is 0 Å². The van der Waals surface area contributed by atoms with Crippen molar-refractivity contribution >= 4 is 23.5 Å². The molecule has 2 aromatic carbocycles. The highest BCUT2D eigenvalue weighted by molar-refractivity contribution is 5.95. The molecule has 1 aliphatic heterocycles. The second-order valence-corrected chi connectivity index (χ2v) is 7.79. The van der Waals surface area contributed by atoms with E-state index in [9.17, 15) is 9.59 Å². The molecule has 1 unspecified atom stereocenters. The second kappa shape index (κ2) is 11.3. The van der Waals surface area contributed by atoms with Gasteiger partial charge in [-0.05, 0) is 50.1 Å². The topological polar surface area (TPSA) is 85.8 Å². The lowest BCUT2D eigenvalue weighted by atomic mass is 9.90. The van der Waals surface area contributed by atoms with Crippen molar-refractivity contribution < 1.29 is 9.59 Å². The van der Waals surface area contributed by atoms with Crippen LogP contribution in [0.2, 0.25) is 0 Å². The number of carbonyl (C=O) groups excluding carboxylic acids is 2. The monoisotopic (exact) mass is 435 g/mol. The lowest BCUT2D eigenvalue weighted by Gasteiger charge is -2.26. The third kappa shape index (κ3) is 5.87. The first kappa shape index (κ1) is 23.3. The summed E-state index contributed by atoms with van der Waals surface area (Å²) in [7, 11) is 0. The van der Waals surface area contributed by atoms with Crippen LogP contribution in [0, 0.1) is 0 Å². The zero-order chi connectivity index (χ0) is 22.9. The fourth-order valence-corrected chi connectivity index (χ4v) is 3.86. The molecule has 1 aliphatic rings. The molecular weight excluding hydrogens is 402 g/mol. The maximum atomic E-state index is 12.5. The summed E-state index contributed by atoms with van der Waals surface area (Å²) in [6.07, 6.45) is 0.450. The van der Waals surface area contributed by atoms with Crippen molar-refractivity contribution in [2.45, 2.75) is 39.7 Å². The SMILES string of the molecule is CCNC(=NCc1ccc(C(=O)N(CC)CC)cc1)NCC1CC(=O)Nc2ccccc21. The Morgan fingerprint density at radius 3 is 2.47 bits per heavy atom. The van der Waals surface area contributed by atoms with Crippen LogP contribution >= 0.6 is 0 Å². The lowest BCUT2D eigenvalue weighted by Crippen LogP contribution is -2.40. The summed E-state index contributed by atoms with van der Waals surface area (Å²) in [5.41, 5.74) is 3.75. The number of rotatable bonds is 8. The molecule has 0 spiro atoms. The Balaban J connectivity index is 1.63. The molecule has 0 radical (unpaired) electrons. The summed E-state index contributed by atoms with van der Waals surface area (Å²) < 4.78 is 0. The normalized spacial score (nSPS) is 15.5. The summed E-state index contributed by atoms with van der Waals surface area (Å²) in [4.78, 5) is 31.0. The molecule has 170 valence electrons. The Morgan fingerprint density at radius 1 is 1.06 bits per heavy atom. The van der Waals surface area contributed by atoms with Gasteiger partial charge in [-0.1, -0.05) is 30.3 Å². The molecule has 0 aromatic heterocycles. The molecule has 1 atom stereocenters. The lowest BCUT2D eigenvalue weighted by molar-refractivity contribution is -0.116. The van der Waals surface area contributed by atoms with Gasteiger partial charge in [-0.15, -0.1) is 0 Å². The minimum atomic E-state index is 0.0387. The summed E-state index contributed by atoms with van der Waals surface area (Å²) in [5.74, 6) is 0.891. The molecule has 7 nitrogen and oxygen atoms in total. The Labute approximate surface area is 190 Å². The fourth-order valence-electron chi connectivity index (χ4n) is 3.86. The number of hydrogen-bond donors (Lipinski definition) is 3. The highest BCUT2D eigenvalue weighted by Crippen LogP contribution is 2.31. The van der Waals surface area contributed by atoms with Crippen LogP contribution in [-0.4, -0.2) is 48.9 Å². The molecule has 0 fully saturated rings. The Bertz CT molecular complexity index is 951. The van der Waals surface area contributed by atoms with E-state index in [1.807, 2.05) is 68.1 Å². The molecule has 0 saturated carbocycles. The molecule has 0 aliphatic carbocycles. The number of carbonyl (C=O) groups is 2. The van der Waals surface area contributed by atoms with E-state index in [0.717, 1.165) is 23.4 Å². The van der Waals surface area contributed by atoms with E-state index < -0.39 is 0 Å². The van der Waals surface area contributed by atoms with Crippen molar-refractivity contribution in [3.63, 3.8) is 0 Å². The van der Waals surface area contributed by atoms with Crippen molar-refractivity contribution in [3.05, 3.63) is 65.2 Å². The van der Waals surface area contributed by atoms with Crippen LogP contribution in [-0.2, 0) is 11.3 Å². The zero-order valence-corrected chi connectivity index (χ0v) is 19.1. The van der Waals surface area contributed by atoms with Crippen LogP contribution in [0.1, 0.15) is 54.6 Å². The van der Waals surface area contributed by atoms with Crippen LogP contribution in [0.5, 0.6) is 0 Å². The van der Waals surface area contributed by atoms with Crippen LogP contribution in [0.15, 0.2) is 53.5 Å². The van der Waals surface area contributed by atoms with Gasteiger partial charge in [0.1, 0.15) is 0 Å². The van der Waals surface area contributed by atoms with Crippen molar-refractivity contribution in [1.29, 1.82) is 0 Å². The van der Waals surface area contributed by atoms with E-state index in [1.54, 1.807) is 0 Å². The van der Waals surface area contributed by atoms with Gasteiger partial charge in [0.05, 0.1) is 6.54 Å². The molecule has 2 aromatic rings. The largest absolute Gasteiger partial charge is 0.357 e. The minimum absolute atomic E-state index is 0.0387. The van der Waals surface area contributed by atoms with Gasteiger partial charge in [0.25, 0.3) is 5.91 Å². The van der Waals surface area contributed by atoms with E-state index in [0.29, 0.717) is 44.1 Å². The summed E-state index contributed by atoms with van der Waals surface area (Å²) in [6, 6.07) is 15.6. The van der Waals surface area contributed by atoms with E-state index in [-0.39, 0.29) is 17.7 Å². The molecular formula is C25H33N5O2. The number of guanidine groups is 1. The second-order valence-electron chi connectivity index (χ2n) is 7.79. The molecule has 2 amide bonds. The van der Waals surface area contributed by atoms with Crippen molar-refractivity contribution in [2.24, 2.45) is 4.99 Å². The first-order chi connectivity index (χ1) is 15.5. The number of nitrogens with zero attached hydrogens (tertiary/aromatic N) is 2. The molecule has 0 bridgehead atoms. The molecule has 32 heavy (non-hydrogen) atoms. The average molecular weight is 436 g/mol. The number of benzene rings is 2. The summed E-state index contributed by atoms with van der Waals surface area (Å²) >= 11 is 0. The van der Waals surface area contributed by atoms with Gasteiger partial charge in [0.15, 0.2) is 5.96 Å². The van der Waals surface area contributed by atoms with Gasteiger partial charge in [-0.3, -0.25) is 9.59 Å². The number of hydrogen-bond acceptors (Lipinski definition) is 3. The molecule has 0 saturated heterocycles. The highest BCUT2D eigenvalue weighted by atomic mass is 16.2. The number of para-hydroxylation sites is 1. The minimum Gasteiger partial charge on any atom is -0.357 e.